The first-order chi connectivity index (χ1) is 6.04. The third kappa shape index (κ3) is 7.48. The van der Waals surface area contributed by atoms with Gasteiger partial charge in [0.15, 0.2) is 5.11 Å². The van der Waals surface area contributed by atoms with E-state index in [0.717, 1.165) is 12.8 Å². The summed E-state index contributed by atoms with van der Waals surface area (Å²) in [4.78, 5) is 10.3. The van der Waals surface area contributed by atoms with Crippen molar-refractivity contribution in [3.05, 3.63) is 0 Å². The molecule has 6 N–H and O–H groups in total. The molecule has 13 heavy (non-hydrogen) atoms. The molecule has 6 heteroatoms. The number of hydrogen-bond acceptors (Lipinski definition) is 3. The van der Waals surface area contributed by atoms with Crippen molar-refractivity contribution in [2.75, 3.05) is 6.54 Å². The van der Waals surface area contributed by atoms with Gasteiger partial charge in [-0.2, -0.15) is 0 Å². The van der Waals surface area contributed by atoms with Crippen LogP contribution < -0.4 is 16.8 Å². The second kappa shape index (κ2) is 6.62. The Balaban J connectivity index is 3.26. The molecule has 0 aromatic carbocycles. The molecule has 0 aromatic heterocycles. The Morgan fingerprint density at radius 3 is 2.62 bits per heavy atom. The highest BCUT2D eigenvalue weighted by Gasteiger charge is 2.09. The van der Waals surface area contributed by atoms with Gasteiger partial charge in [-0.3, -0.25) is 4.79 Å². The molecule has 0 bridgehead atoms. The first-order valence-electron chi connectivity index (χ1n) is 4.05. The topological polar surface area (TPSA) is 101 Å². The molecule has 0 aromatic rings. The fraction of sp³-hybridized carbons (Fsp3) is 0.714. The minimum absolute atomic E-state index is 0.266. The number of nitrogens with one attached hydrogen (secondary N) is 1. The van der Waals surface area contributed by atoms with Gasteiger partial charge in [-0.15, -0.1) is 0 Å². The van der Waals surface area contributed by atoms with E-state index in [1.165, 1.54) is 0 Å². The van der Waals surface area contributed by atoms with Crippen LogP contribution in [0.5, 0.6) is 0 Å². The molecular weight excluding hydrogens is 190 g/mol. The number of hydrogen-bond donors (Lipinski definition) is 4. The van der Waals surface area contributed by atoms with Crippen LogP contribution in [0.15, 0.2) is 0 Å². The maximum atomic E-state index is 10.3. The number of rotatable bonds is 6. The van der Waals surface area contributed by atoms with E-state index in [9.17, 15) is 4.79 Å². The number of carboxylic acids is 1. The molecule has 0 rings (SSSR count). The summed E-state index contributed by atoms with van der Waals surface area (Å²) < 4.78 is 0. The van der Waals surface area contributed by atoms with Gasteiger partial charge in [0.1, 0.15) is 6.04 Å². The Morgan fingerprint density at radius 2 is 2.15 bits per heavy atom. The van der Waals surface area contributed by atoms with Gasteiger partial charge in [0.25, 0.3) is 0 Å². The number of thiocarbonyl (C=S) groups is 1. The van der Waals surface area contributed by atoms with Gasteiger partial charge < -0.3 is 21.9 Å². The van der Waals surface area contributed by atoms with Crippen molar-refractivity contribution in [1.82, 2.24) is 5.32 Å². The third-order valence-electron chi connectivity index (χ3n) is 1.56. The molecule has 76 valence electrons. The van der Waals surface area contributed by atoms with Crippen LogP contribution in [0, 0.1) is 0 Å². The molecule has 0 saturated heterocycles. The van der Waals surface area contributed by atoms with E-state index in [2.05, 4.69) is 17.5 Å². The van der Waals surface area contributed by atoms with Crippen LogP contribution in [0.3, 0.4) is 0 Å². The molecule has 0 amide bonds. The zero-order chi connectivity index (χ0) is 10.3. The van der Waals surface area contributed by atoms with E-state index < -0.39 is 12.0 Å². The quantitative estimate of drug-likeness (QED) is 0.341. The Kier molecular flexibility index (Phi) is 6.17. The standard InChI is InChI=1S/C7H15N3O2S/c8-5(6(11)12)3-1-2-4-10-7(9)13/h5H,1-4,8H2,(H,11,12)(H3,9,10,13)/t5-/m1/s1. The fourth-order valence-electron chi connectivity index (χ4n) is 0.824. The van der Waals surface area contributed by atoms with Gasteiger partial charge >= 0.3 is 5.97 Å². The molecule has 5 nitrogen and oxygen atoms in total. The highest BCUT2D eigenvalue weighted by Crippen LogP contribution is 1.97. The SMILES string of the molecule is NC(=S)NCCCC[C@@H](N)C(=O)O. The summed E-state index contributed by atoms with van der Waals surface area (Å²) in [6, 6.07) is -0.759. The maximum Gasteiger partial charge on any atom is 0.320 e. The minimum Gasteiger partial charge on any atom is -0.480 e. The summed E-state index contributed by atoms with van der Waals surface area (Å²) in [5.41, 5.74) is 10.5. The van der Waals surface area contributed by atoms with Crippen LogP contribution in [0.25, 0.3) is 0 Å². The number of nitrogens with two attached hydrogens (primary N) is 2. The molecule has 0 spiro atoms. The minimum atomic E-state index is -0.956. The maximum absolute atomic E-state index is 10.3. The average molecular weight is 205 g/mol. The van der Waals surface area contributed by atoms with Crippen molar-refractivity contribution in [3.63, 3.8) is 0 Å². The van der Waals surface area contributed by atoms with Crippen molar-refractivity contribution in [3.8, 4) is 0 Å². The number of carboxylic acid groups (broad SMARTS) is 1. The van der Waals surface area contributed by atoms with E-state index >= 15 is 0 Å². The smallest absolute Gasteiger partial charge is 0.320 e. The Morgan fingerprint density at radius 1 is 1.54 bits per heavy atom. The average Bonchev–Trinajstić information content (AvgIpc) is 2.02. The van der Waals surface area contributed by atoms with Crippen LogP contribution >= 0.6 is 12.2 Å². The van der Waals surface area contributed by atoms with Crippen LogP contribution in [0.1, 0.15) is 19.3 Å². The molecule has 1 atom stereocenters. The van der Waals surface area contributed by atoms with Gasteiger partial charge in [-0.1, -0.05) is 0 Å². The van der Waals surface area contributed by atoms with E-state index in [1.807, 2.05) is 0 Å². The van der Waals surface area contributed by atoms with Gasteiger partial charge in [-0.25, -0.2) is 0 Å². The van der Waals surface area contributed by atoms with Crippen LogP contribution in [-0.4, -0.2) is 28.8 Å². The molecule has 0 unspecified atom stereocenters. The normalized spacial score (nSPS) is 12.1. The highest BCUT2D eigenvalue weighted by atomic mass is 32.1. The second-order valence-electron chi connectivity index (χ2n) is 2.73. The molecule has 0 aliphatic rings. The summed E-state index contributed by atoms with van der Waals surface area (Å²) in [5, 5.41) is 11.5. The first kappa shape index (κ1) is 12.1. The van der Waals surface area contributed by atoms with Crippen LogP contribution in [0.2, 0.25) is 0 Å². The Hall–Kier alpha value is -0.880. The lowest BCUT2D eigenvalue weighted by atomic mass is 10.1. The van der Waals surface area contributed by atoms with E-state index in [-0.39, 0.29) is 5.11 Å². The number of unbranched alkanes of at least 4 members (excludes halogenated alkanes) is 1. The summed E-state index contributed by atoms with van der Waals surface area (Å²) in [6.45, 7) is 0.668. The zero-order valence-corrected chi connectivity index (χ0v) is 8.14. The number of carbonyl (C=O) groups is 1. The van der Waals surface area contributed by atoms with E-state index in [4.69, 9.17) is 16.6 Å². The lowest BCUT2D eigenvalue weighted by Crippen LogP contribution is -2.31. The summed E-state index contributed by atoms with van der Waals surface area (Å²) in [7, 11) is 0. The van der Waals surface area contributed by atoms with Gasteiger partial charge in [0.2, 0.25) is 0 Å². The van der Waals surface area contributed by atoms with E-state index in [1.54, 1.807) is 0 Å². The fourth-order valence-corrected chi connectivity index (χ4v) is 0.926. The molecule has 0 aliphatic carbocycles. The number of aliphatic carboxylic acids is 1. The van der Waals surface area contributed by atoms with Gasteiger partial charge in [0, 0.05) is 6.54 Å². The molecular formula is C7H15N3O2S. The second-order valence-corrected chi connectivity index (χ2v) is 3.17. The van der Waals surface area contributed by atoms with E-state index in [0.29, 0.717) is 13.0 Å². The molecule has 0 fully saturated rings. The molecule has 0 radical (unpaired) electrons. The summed E-state index contributed by atoms with van der Waals surface area (Å²) in [5.74, 6) is -0.956. The molecule has 0 saturated carbocycles. The van der Waals surface area contributed by atoms with Crippen LogP contribution in [0.4, 0.5) is 0 Å². The highest BCUT2D eigenvalue weighted by molar-refractivity contribution is 7.80. The van der Waals surface area contributed by atoms with Crippen molar-refractivity contribution in [2.24, 2.45) is 11.5 Å². The predicted octanol–water partition coefficient (Wildman–Crippen LogP) is -0.598. The Labute approximate surface area is 82.5 Å². The van der Waals surface area contributed by atoms with Crippen molar-refractivity contribution in [1.29, 1.82) is 0 Å². The van der Waals surface area contributed by atoms with Crippen molar-refractivity contribution >= 4 is 23.3 Å². The van der Waals surface area contributed by atoms with Crippen molar-refractivity contribution < 1.29 is 9.90 Å². The summed E-state index contributed by atoms with van der Waals surface area (Å²) in [6.07, 6.45) is 2.05. The lowest BCUT2D eigenvalue weighted by Gasteiger charge is -2.06. The van der Waals surface area contributed by atoms with Gasteiger partial charge in [-0.05, 0) is 31.5 Å². The Bertz CT molecular complexity index is 187. The third-order valence-corrected chi connectivity index (χ3v) is 1.70. The zero-order valence-electron chi connectivity index (χ0n) is 7.32. The molecule has 0 aliphatic heterocycles. The van der Waals surface area contributed by atoms with Gasteiger partial charge in [0.05, 0.1) is 0 Å². The molecule has 0 heterocycles. The van der Waals surface area contributed by atoms with Crippen molar-refractivity contribution in [2.45, 2.75) is 25.3 Å². The first-order valence-corrected chi connectivity index (χ1v) is 4.46. The summed E-state index contributed by atoms with van der Waals surface area (Å²) >= 11 is 4.59. The monoisotopic (exact) mass is 205 g/mol. The van der Waals surface area contributed by atoms with Crippen LogP contribution in [-0.2, 0) is 4.79 Å². The lowest BCUT2D eigenvalue weighted by molar-refractivity contribution is -0.138. The predicted molar refractivity (Wildman–Crippen MR) is 54.3 cm³/mol. The largest absolute Gasteiger partial charge is 0.480 e.